The summed E-state index contributed by atoms with van der Waals surface area (Å²) < 4.78 is 12.1. The summed E-state index contributed by atoms with van der Waals surface area (Å²) in [6.07, 6.45) is 3.54. The molecule has 1 heterocycles. The highest BCUT2D eigenvalue weighted by molar-refractivity contribution is 9.10. The Hall–Kier alpha value is -3.60. The first-order valence-corrected chi connectivity index (χ1v) is 10.8. The van der Waals surface area contributed by atoms with Gasteiger partial charge in [-0.1, -0.05) is 29.3 Å². The average molecular weight is 517 g/mol. The lowest BCUT2D eigenvalue weighted by Gasteiger charge is -2.10. The lowest BCUT2D eigenvalue weighted by Crippen LogP contribution is -2.22. The average Bonchev–Trinajstić information content (AvgIpc) is 2.77. The van der Waals surface area contributed by atoms with Crippen molar-refractivity contribution in [2.75, 3.05) is 7.11 Å². The van der Waals surface area contributed by atoms with Gasteiger partial charge in [0, 0.05) is 29.4 Å². The molecule has 172 valence electrons. The third kappa shape index (κ3) is 5.43. The van der Waals surface area contributed by atoms with Crippen molar-refractivity contribution in [2.45, 2.75) is 33.1 Å². The van der Waals surface area contributed by atoms with E-state index in [2.05, 4.69) is 26.0 Å². The molecule has 0 fully saturated rings. The second-order valence-electron chi connectivity index (χ2n) is 7.08. The van der Waals surface area contributed by atoms with E-state index in [4.69, 9.17) is 9.47 Å². The Morgan fingerprint density at radius 2 is 2.09 bits per heavy atom. The number of carbonyl (C=O) groups is 1. The fourth-order valence-corrected chi connectivity index (χ4v) is 3.51. The van der Waals surface area contributed by atoms with Crippen LogP contribution >= 0.6 is 15.9 Å². The number of esters is 1. The van der Waals surface area contributed by atoms with Crippen molar-refractivity contribution < 1.29 is 19.2 Å². The summed E-state index contributed by atoms with van der Waals surface area (Å²) in [5.74, 6) is -0.561. The van der Waals surface area contributed by atoms with Gasteiger partial charge in [0.05, 0.1) is 29.2 Å². The molecule has 2 aromatic carbocycles. The number of nitro benzene ring substituents is 1. The molecule has 0 radical (unpaired) electrons. The molecule has 0 unspecified atom stereocenters. The SMILES string of the molecule is CCCCc1nc2ccc(Br)cc2c(=O)n1N=Cc1cc(OC)c(OC(C)=O)c([N+](=O)[O-])c1. The highest BCUT2D eigenvalue weighted by Gasteiger charge is 2.23. The van der Waals surface area contributed by atoms with E-state index in [0.717, 1.165) is 24.2 Å². The van der Waals surface area contributed by atoms with E-state index in [9.17, 15) is 19.7 Å². The van der Waals surface area contributed by atoms with Gasteiger partial charge in [0.25, 0.3) is 5.56 Å². The number of nitrogens with zero attached hydrogens (tertiary/aromatic N) is 4. The van der Waals surface area contributed by atoms with Gasteiger partial charge in [-0.25, -0.2) is 4.98 Å². The number of halogens is 1. The summed E-state index contributed by atoms with van der Waals surface area (Å²) in [6.45, 7) is 3.16. The Morgan fingerprint density at radius 3 is 2.73 bits per heavy atom. The highest BCUT2D eigenvalue weighted by atomic mass is 79.9. The van der Waals surface area contributed by atoms with Gasteiger partial charge in [-0.2, -0.15) is 9.78 Å². The molecule has 0 saturated heterocycles. The first kappa shape index (κ1) is 24.1. The maximum atomic E-state index is 13.2. The van der Waals surface area contributed by atoms with E-state index in [1.54, 1.807) is 12.1 Å². The molecule has 0 spiro atoms. The number of benzene rings is 2. The maximum Gasteiger partial charge on any atom is 0.316 e. The second-order valence-corrected chi connectivity index (χ2v) is 7.99. The zero-order valence-corrected chi connectivity index (χ0v) is 19.8. The van der Waals surface area contributed by atoms with Crippen LogP contribution < -0.4 is 15.0 Å². The first-order chi connectivity index (χ1) is 15.7. The molecule has 0 amide bonds. The zero-order valence-electron chi connectivity index (χ0n) is 18.2. The van der Waals surface area contributed by atoms with Crippen LogP contribution in [0.1, 0.15) is 38.1 Å². The molecule has 0 bridgehead atoms. The molecule has 10 nitrogen and oxygen atoms in total. The number of methoxy groups -OCH3 is 1. The number of hydrogen-bond acceptors (Lipinski definition) is 8. The van der Waals surface area contributed by atoms with Crippen molar-refractivity contribution in [1.29, 1.82) is 0 Å². The smallest absolute Gasteiger partial charge is 0.316 e. The van der Waals surface area contributed by atoms with Gasteiger partial charge < -0.3 is 9.47 Å². The van der Waals surface area contributed by atoms with Gasteiger partial charge in [0.15, 0.2) is 5.75 Å². The van der Waals surface area contributed by atoms with Crippen molar-refractivity contribution >= 4 is 44.7 Å². The topological polar surface area (TPSA) is 126 Å². The predicted octanol–water partition coefficient (Wildman–Crippen LogP) is 4.23. The Labute approximate surface area is 197 Å². The molecule has 0 N–H and O–H groups in total. The zero-order chi connectivity index (χ0) is 24.1. The summed E-state index contributed by atoms with van der Waals surface area (Å²) in [5.41, 5.74) is 0.00713. The number of ether oxygens (including phenoxy) is 2. The summed E-state index contributed by atoms with van der Waals surface area (Å²) >= 11 is 3.36. The van der Waals surface area contributed by atoms with Gasteiger partial charge in [-0.05, 0) is 30.7 Å². The van der Waals surface area contributed by atoms with Crippen molar-refractivity contribution in [3.05, 3.63) is 66.7 Å². The number of hydrogen-bond donors (Lipinski definition) is 0. The summed E-state index contributed by atoms with van der Waals surface area (Å²) in [7, 11) is 1.30. The molecular formula is C22H21BrN4O6. The number of carbonyl (C=O) groups excluding carboxylic acids is 1. The molecule has 0 aliphatic rings. The molecule has 11 heteroatoms. The largest absolute Gasteiger partial charge is 0.493 e. The number of rotatable bonds is 8. The Bertz CT molecular complexity index is 1320. The fraction of sp³-hybridized carbons (Fsp3) is 0.273. The fourth-order valence-electron chi connectivity index (χ4n) is 3.15. The first-order valence-electron chi connectivity index (χ1n) is 10.1. The maximum absolute atomic E-state index is 13.2. The Balaban J connectivity index is 2.15. The van der Waals surface area contributed by atoms with Crippen LogP contribution in [0.5, 0.6) is 11.5 Å². The van der Waals surface area contributed by atoms with Crippen LogP contribution in [-0.4, -0.2) is 33.9 Å². The van der Waals surface area contributed by atoms with Gasteiger partial charge in [-0.15, -0.1) is 0 Å². The molecule has 3 rings (SSSR count). The third-order valence-corrected chi connectivity index (χ3v) is 5.16. The van der Waals surface area contributed by atoms with Crippen LogP contribution in [0.2, 0.25) is 0 Å². The summed E-state index contributed by atoms with van der Waals surface area (Å²) in [4.78, 5) is 40.0. The van der Waals surface area contributed by atoms with Crippen LogP contribution in [0.3, 0.4) is 0 Å². The van der Waals surface area contributed by atoms with E-state index < -0.39 is 16.6 Å². The third-order valence-electron chi connectivity index (χ3n) is 4.67. The van der Waals surface area contributed by atoms with Crippen molar-refractivity contribution in [3.8, 4) is 11.5 Å². The van der Waals surface area contributed by atoms with E-state index in [0.29, 0.717) is 23.1 Å². The minimum absolute atomic E-state index is 0.0139. The molecule has 1 aromatic heterocycles. The molecule has 0 atom stereocenters. The van der Waals surface area contributed by atoms with E-state index in [1.807, 2.05) is 13.0 Å². The van der Waals surface area contributed by atoms with Crippen LogP contribution in [0.4, 0.5) is 5.69 Å². The predicted molar refractivity (Wildman–Crippen MR) is 126 cm³/mol. The normalized spacial score (nSPS) is 11.2. The van der Waals surface area contributed by atoms with E-state index in [1.165, 1.54) is 30.1 Å². The standard InChI is InChI=1S/C22H21BrN4O6/c1-4-5-6-20-25-17-8-7-15(23)11-16(17)22(29)26(20)24-12-14-9-18(27(30)31)21(33-13(2)28)19(10-14)32-3/h7-12H,4-6H2,1-3H3. The lowest BCUT2D eigenvalue weighted by atomic mass is 10.2. The van der Waals surface area contributed by atoms with Gasteiger partial charge in [0.2, 0.25) is 5.75 Å². The van der Waals surface area contributed by atoms with Crippen molar-refractivity contribution in [3.63, 3.8) is 0 Å². The number of unbranched alkanes of at least 4 members (excludes halogenated alkanes) is 1. The van der Waals surface area contributed by atoms with Crippen LogP contribution in [0, 0.1) is 10.1 Å². The minimum Gasteiger partial charge on any atom is -0.493 e. The minimum atomic E-state index is -0.724. The quantitative estimate of drug-likeness (QED) is 0.144. The Morgan fingerprint density at radius 1 is 1.33 bits per heavy atom. The van der Waals surface area contributed by atoms with Gasteiger partial charge >= 0.3 is 11.7 Å². The number of aromatic nitrogens is 2. The van der Waals surface area contributed by atoms with Crippen LogP contribution in [0.15, 0.2) is 44.7 Å². The van der Waals surface area contributed by atoms with Gasteiger partial charge in [-0.3, -0.25) is 19.7 Å². The van der Waals surface area contributed by atoms with E-state index >= 15 is 0 Å². The monoisotopic (exact) mass is 516 g/mol. The van der Waals surface area contributed by atoms with Crippen LogP contribution in [0.25, 0.3) is 10.9 Å². The molecular weight excluding hydrogens is 496 g/mol. The molecule has 33 heavy (non-hydrogen) atoms. The molecule has 3 aromatic rings. The highest BCUT2D eigenvalue weighted by Crippen LogP contribution is 2.38. The summed E-state index contributed by atoms with van der Waals surface area (Å²) in [6, 6.07) is 7.85. The summed E-state index contributed by atoms with van der Waals surface area (Å²) in [5, 5.41) is 16.2. The molecule has 0 aliphatic heterocycles. The van der Waals surface area contributed by atoms with Crippen LogP contribution in [-0.2, 0) is 11.2 Å². The molecule has 0 saturated carbocycles. The molecule has 0 aliphatic carbocycles. The van der Waals surface area contributed by atoms with Gasteiger partial charge in [0.1, 0.15) is 5.82 Å². The Kier molecular flexibility index (Phi) is 7.54. The van der Waals surface area contributed by atoms with Crippen molar-refractivity contribution in [1.82, 2.24) is 9.66 Å². The number of fused-ring (bicyclic) bond motifs is 1. The van der Waals surface area contributed by atoms with Crippen molar-refractivity contribution in [2.24, 2.45) is 5.10 Å². The number of nitro groups is 1. The van der Waals surface area contributed by atoms with E-state index in [-0.39, 0.29) is 22.6 Å². The lowest BCUT2D eigenvalue weighted by molar-refractivity contribution is -0.385. The number of aryl methyl sites for hydroxylation is 1. The second kappa shape index (κ2) is 10.3.